The van der Waals surface area contributed by atoms with Gasteiger partial charge in [0.25, 0.3) is 5.91 Å². The molecule has 2 N–H and O–H groups in total. The summed E-state index contributed by atoms with van der Waals surface area (Å²) >= 11 is 0. The van der Waals surface area contributed by atoms with Gasteiger partial charge in [-0.25, -0.2) is 13.2 Å². The Morgan fingerprint density at radius 2 is 1.60 bits per heavy atom. The Kier molecular flexibility index (Phi) is 5.75. The monoisotopic (exact) mass is 428 g/mol. The van der Waals surface area contributed by atoms with Gasteiger partial charge in [0.2, 0.25) is 10.0 Å². The molecule has 3 aromatic rings. The number of hydrogen-bond acceptors (Lipinski definition) is 6. The van der Waals surface area contributed by atoms with Crippen molar-refractivity contribution in [2.24, 2.45) is 0 Å². The molecule has 0 spiro atoms. The van der Waals surface area contributed by atoms with E-state index in [4.69, 9.17) is 4.42 Å². The molecule has 0 unspecified atom stereocenters. The van der Waals surface area contributed by atoms with Crippen LogP contribution in [0.25, 0.3) is 11.0 Å². The first kappa shape index (κ1) is 21.3. The predicted molar refractivity (Wildman–Crippen MR) is 115 cm³/mol. The Bertz CT molecular complexity index is 1290. The van der Waals surface area contributed by atoms with Gasteiger partial charge in [-0.1, -0.05) is 0 Å². The number of Topliss-reactive ketones (excluding diaryl/α,β-unsaturated/α-hetero) is 1. The molecule has 1 amide bonds. The molecule has 8 nitrogen and oxygen atoms in total. The van der Waals surface area contributed by atoms with E-state index < -0.39 is 32.6 Å². The Labute approximate surface area is 173 Å². The summed E-state index contributed by atoms with van der Waals surface area (Å²) in [5.74, 6) is -0.815. The summed E-state index contributed by atoms with van der Waals surface area (Å²) in [5, 5.41) is 2.63. The molecule has 0 aliphatic carbocycles. The van der Waals surface area contributed by atoms with E-state index in [2.05, 4.69) is 10.0 Å². The van der Waals surface area contributed by atoms with Crippen molar-refractivity contribution in [3.63, 3.8) is 0 Å². The Morgan fingerprint density at radius 3 is 2.20 bits per heavy atom. The minimum atomic E-state index is -3.47. The zero-order chi connectivity index (χ0) is 22.1. The van der Waals surface area contributed by atoms with Gasteiger partial charge in [-0.2, -0.15) is 0 Å². The molecular formula is C21H20N2O6S. The lowest BCUT2D eigenvalue weighted by Gasteiger charge is -2.11. The van der Waals surface area contributed by atoms with Crippen molar-refractivity contribution in [2.45, 2.75) is 26.0 Å². The first-order valence-electron chi connectivity index (χ1n) is 9.09. The number of carbonyl (C=O) groups is 2. The van der Waals surface area contributed by atoms with Gasteiger partial charge in [0.15, 0.2) is 5.78 Å². The maximum Gasteiger partial charge on any atom is 0.347 e. The third kappa shape index (κ3) is 4.57. The molecule has 0 fully saturated rings. The summed E-state index contributed by atoms with van der Waals surface area (Å²) in [6, 6.07) is 12.1. The average Bonchev–Trinajstić information content (AvgIpc) is 2.67. The van der Waals surface area contributed by atoms with Gasteiger partial charge < -0.3 is 9.73 Å². The van der Waals surface area contributed by atoms with Crippen LogP contribution in [-0.2, 0) is 10.0 Å². The molecule has 3 rings (SSSR count). The lowest BCUT2D eigenvalue weighted by Crippen LogP contribution is -2.22. The molecule has 0 bridgehead atoms. The lowest BCUT2D eigenvalue weighted by atomic mass is 10.1. The minimum Gasteiger partial charge on any atom is -0.422 e. The maximum absolute atomic E-state index is 12.5. The Morgan fingerprint density at radius 1 is 0.967 bits per heavy atom. The topological polar surface area (TPSA) is 123 Å². The number of anilines is 2. The van der Waals surface area contributed by atoms with Gasteiger partial charge in [-0.15, -0.1) is 0 Å². The van der Waals surface area contributed by atoms with Crippen LogP contribution in [0, 0.1) is 0 Å². The van der Waals surface area contributed by atoms with Gasteiger partial charge in [-0.3, -0.25) is 14.3 Å². The van der Waals surface area contributed by atoms with Crippen LogP contribution in [0.1, 0.15) is 41.5 Å². The number of rotatable bonds is 6. The molecule has 1 aromatic heterocycles. The van der Waals surface area contributed by atoms with Crippen molar-refractivity contribution in [1.82, 2.24) is 0 Å². The number of hydrogen-bond donors (Lipinski definition) is 2. The van der Waals surface area contributed by atoms with Crippen molar-refractivity contribution in [3.05, 3.63) is 70.1 Å². The van der Waals surface area contributed by atoms with Crippen molar-refractivity contribution >= 4 is 44.1 Å². The van der Waals surface area contributed by atoms with Crippen LogP contribution < -0.4 is 15.7 Å². The molecule has 156 valence electrons. The quantitative estimate of drug-likeness (QED) is 0.458. The van der Waals surface area contributed by atoms with E-state index in [1.807, 2.05) is 0 Å². The first-order chi connectivity index (χ1) is 14.1. The predicted octanol–water partition coefficient (Wildman–Crippen LogP) is 3.40. The summed E-state index contributed by atoms with van der Waals surface area (Å²) < 4.78 is 31.4. The van der Waals surface area contributed by atoms with E-state index in [9.17, 15) is 22.8 Å². The average molecular weight is 428 g/mol. The van der Waals surface area contributed by atoms with Gasteiger partial charge in [0.05, 0.1) is 5.25 Å². The molecule has 0 aliphatic heterocycles. The molecule has 9 heteroatoms. The van der Waals surface area contributed by atoms with Gasteiger partial charge in [-0.05, 0) is 69.3 Å². The van der Waals surface area contributed by atoms with E-state index in [1.165, 1.54) is 43.3 Å². The van der Waals surface area contributed by atoms with Crippen LogP contribution in [0.15, 0.2) is 57.7 Å². The lowest BCUT2D eigenvalue weighted by molar-refractivity contribution is 0.101. The van der Waals surface area contributed by atoms with Crippen molar-refractivity contribution < 1.29 is 22.4 Å². The standard InChI is InChI=1S/C21H20N2O6S/c1-12(2)30(27,28)23-16-6-4-14(5-7-16)20(25)22-17-8-9-19-15(10-17)11-18(13(3)24)21(26)29-19/h4-12,23H,1-3H3,(H,22,25). The maximum atomic E-state index is 12.5. The zero-order valence-electron chi connectivity index (χ0n) is 16.6. The van der Waals surface area contributed by atoms with E-state index >= 15 is 0 Å². The van der Waals surface area contributed by atoms with E-state index in [0.717, 1.165) is 0 Å². The normalized spacial score (nSPS) is 11.5. The molecular weight excluding hydrogens is 408 g/mol. The number of sulfonamides is 1. The molecule has 0 radical (unpaired) electrons. The van der Waals surface area contributed by atoms with E-state index in [-0.39, 0.29) is 5.56 Å². The first-order valence-corrected chi connectivity index (χ1v) is 10.6. The minimum absolute atomic E-state index is 0.0644. The highest BCUT2D eigenvalue weighted by molar-refractivity contribution is 7.93. The van der Waals surface area contributed by atoms with Crippen molar-refractivity contribution in [2.75, 3.05) is 10.0 Å². The van der Waals surface area contributed by atoms with Crippen molar-refractivity contribution in [1.29, 1.82) is 0 Å². The summed E-state index contributed by atoms with van der Waals surface area (Å²) in [5.41, 5.74) is 0.653. The smallest absolute Gasteiger partial charge is 0.347 e. The fourth-order valence-electron chi connectivity index (χ4n) is 2.62. The number of amides is 1. The highest BCUT2D eigenvalue weighted by atomic mass is 32.2. The fourth-order valence-corrected chi connectivity index (χ4v) is 3.32. The Balaban J connectivity index is 1.80. The second-order valence-electron chi connectivity index (χ2n) is 6.98. The highest BCUT2D eigenvalue weighted by Gasteiger charge is 2.16. The van der Waals surface area contributed by atoms with Crippen LogP contribution in [0.4, 0.5) is 11.4 Å². The van der Waals surface area contributed by atoms with Gasteiger partial charge >= 0.3 is 5.63 Å². The SMILES string of the molecule is CC(=O)c1cc2cc(NC(=O)c3ccc(NS(=O)(=O)C(C)C)cc3)ccc2oc1=O. The molecule has 0 saturated heterocycles. The third-order valence-corrected chi connectivity index (χ3v) is 6.16. The van der Waals surface area contributed by atoms with Gasteiger partial charge in [0, 0.05) is 22.3 Å². The summed E-state index contributed by atoms with van der Waals surface area (Å²) in [4.78, 5) is 35.8. The van der Waals surface area contributed by atoms with E-state index in [0.29, 0.717) is 27.9 Å². The second kappa shape index (κ2) is 8.11. The summed E-state index contributed by atoms with van der Waals surface area (Å²) in [6.45, 7) is 4.41. The number of fused-ring (bicyclic) bond motifs is 1. The largest absolute Gasteiger partial charge is 0.422 e. The fraction of sp³-hybridized carbons (Fsp3) is 0.190. The second-order valence-corrected chi connectivity index (χ2v) is 9.22. The zero-order valence-corrected chi connectivity index (χ0v) is 17.4. The summed E-state index contributed by atoms with van der Waals surface area (Å²) in [6.07, 6.45) is 0. The molecule has 1 heterocycles. The highest BCUT2D eigenvalue weighted by Crippen LogP contribution is 2.20. The van der Waals surface area contributed by atoms with Crippen molar-refractivity contribution in [3.8, 4) is 0 Å². The number of nitrogens with one attached hydrogen (secondary N) is 2. The molecule has 2 aromatic carbocycles. The Hall–Kier alpha value is -3.46. The van der Waals surface area contributed by atoms with Crippen LogP contribution in [0.2, 0.25) is 0 Å². The number of benzene rings is 2. The van der Waals surface area contributed by atoms with Crippen LogP contribution >= 0.6 is 0 Å². The van der Waals surface area contributed by atoms with Crippen LogP contribution in [-0.4, -0.2) is 25.4 Å². The van der Waals surface area contributed by atoms with Crippen LogP contribution in [0.5, 0.6) is 0 Å². The number of carbonyl (C=O) groups excluding carboxylic acids is 2. The molecule has 0 saturated carbocycles. The summed E-state index contributed by atoms with van der Waals surface area (Å²) in [7, 11) is -3.47. The van der Waals surface area contributed by atoms with E-state index in [1.54, 1.807) is 26.0 Å². The van der Waals surface area contributed by atoms with Gasteiger partial charge in [0.1, 0.15) is 11.1 Å². The van der Waals surface area contributed by atoms with Crippen LogP contribution in [0.3, 0.4) is 0 Å². The number of ketones is 1. The molecule has 0 aliphatic rings. The molecule has 0 atom stereocenters. The third-order valence-electron chi connectivity index (χ3n) is 4.40. The molecule has 30 heavy (non-hydrogen) atoms.